The largest absolute Gasteiger partial charge is 0.314 e. The molecule has 3 heteroatoms. The van der Waals surface area contributed by atoms with Crippen molar-refractivity contribution in [2.75, 3.05) is 19.0 Å². The maximum absolute atomic E-state index is 11.9. The standard InChI is InChI=1S/C12H18N2O/c1-9-7-5-6-8-11(9)14(4)12(15)10(2)13-3/h5-8,10,13H,1-4H3. The minimum absolute atomic E-state index is 0.0757. The van der Waals surface area contributed by atoms with Gasteiger partial charge in [-0.15, -0.1) is 0 Å². The molecule has 0 saturated carbocycles. The second-order valence-corrected chi connectivity index (χ2v) is 3.69. The smallest absolute Gasteiger partial charge is 0.243 e. The predicted molar refractivity (Wildman–Crippen MR) is 63.1 cm³/mol. The Labute approximate surface area is 91.1 Å². The molecule has 0 aliphatic rings. The van der Waals surface area contributed by atoms with Gasteiger partial charge in [0.2, 0.25) is 5.91 Å². The van der Waals surface area contributed by atoms with Crippen LogP contribution in [0.15, 0.2) is 24.3 Å². The molecule has 1 amide bonds. The Hall–Kier alpha value is -1.35. The maximum atomic E-state index is 11.9. The molecule has 0 fully saturated rings. The molecule has 3 nitrogen and oxygen atoms in total. The van der Waals surface area contributed by atoms with Crippen LogP contribution in [0.2, 0.25) is 0 Å². The van der Waals surface area contributed by atoms with Crippen molar-refractivity contribution >= 4 is 11.6 Å². The van der Waals surface area contributed by atoms with Crippen molar-refractivity contribution in [1.29, 1.82) is 0 Å². The third-order valence-electron chi connectivity index (χ3n) is 2.61. The Morgan fingerprint density at radius 3 is 2.53 bits per heavy atom. The molecular weight excluding hydrogens is 188 g/mol. The summed E-state index contributed by atoms with van der Waals surface area (Å²) in [6.07, 6.45) is 0. The number of nitrogens with zero attached hydrogens (tertiary/aromatic N) is 1. The average Bonchev–Trinajstić information content (AvgIpc) is 2.26. The summed E-state index contributed by atoms with van der Waals surface area (Å²) in [5.74, 6) is 0.0757. The van der Waals surface area contributed by atoms with Gasteiger partial charge in [0, 0.05) is 12.7 Å². The topological polar surface area (TPSA) is 32.3 Å². The first-order valence-corrected chi connectivity index (χ1v) is 5.08. The molecule has 1 aromatic carbocycles. The lowest BCUT2D eigenvalue weighted by Gasteiger charge is -2.22. The van der Waals surface area contributed by atoms with Crippen LogP contribution in [0.4, 0.5) is 5.69 Å². The highest BCUT2D eigenvalue weighted by Gasteiger charge is 2.17. The van der Waals surface area contributed by atoms with Crippen LogP contribution in [0.25, 0.3) is 0 Å². The van der Waals surface area contributed by atoms with Crippen LogP contribution in [0.5, 0.6) is 0 Å². The summed E-state index contributed by atoms with van der Waals surface area (Å²) >= 11 is 0. The lowest BCUT2D eigenvalue weighted by atomic mass is 10.1. The average molecular weight is 206 g/mol. The Bertz CT molecular complexity index is 349. The lowest BCUT2D eigenvalue weighted by molar-refractivity contribution is -0.119. The molecule has 1 aromatic rings. The van der Waals surface area contributed by atoms with Gasteiger partial charge in [-0.1, -0.05) is 18.2 Å². The summed E-state index contributed by atoms with van der Waals surface area (Å²) in [6, 6.07) is 7.71. The quantitative estimate of drug-likeness (QED) is 0.814. The zero-order chi connectivity index (χ0) is 11.4. The van der Waals surface area contributed by atoms with E-state index in [0.717, 1.165) is 11.3 Å². The van der Waals surface area contributed by atoms with Crippen molar-refractivity contribution in [3.05, 3.63) is 29.8 Å². The van der Waals surface area contributed by atoms with E-state index >= 15 is 0 Å². The van der Waals surface area contributed by atoms with E-state index in [0.29, 0.717) is 0 Å². The zero-order valence-electron chi connectivity index (χ0n) is 9.74. The summed E-state index contributed by atoms with van der Waals surface area (Å²) in [7, 11) is 3.59. The number of hydrogen-bond donors (Lipinski definition) is 1. The zero-order valence-corrected chi connectivity index (χ0v) is 9.74. The van der Waals surface area contributed by atoms with Gasteiger partial charge in [-0.2, -0.15) is 0 Å². The number of hydrogen-bond acceptors (Lipinski definition) is 2. The summed E-state index contributed by atoms with van der Waals surface area (Å²) in [4.78, 5) is 13.6. The minimum atomic E-state index is -0.158. The van der Waals surface area contributed by atoms with E-state index in [1.807, 2.05) is 38.1 Å². The SMILES string of the molecule is CNC(C)C(=O)N(C)c1ccccc1C. The van der Waals surface area contributed by atoms with Gasteiger partial charge in [0.05, 0.1) is 6.04 Å². The Balaban J connectivity index is 2.90. The molecule has 0 saturated heterocycles. The van der Waals surface area contributed by atoms with Gasteiger partial charge >= 0.3 is 0 Å². The number of nitrogens with one attached hydrogen (secondary N) is 1. The van der Waals surface area contributed by atoms with E-state index in [1.165, 1.54) is 0 Å². The molecule has 1 rings (SSSR count). The molecule has 0 radical (unpaired) electrons. The Morgan fingerprint density at radius 1 is 1.40 bits per heavy atom. The third kappa shape index (κ3) is 2.57. The molecule has 0 heterocycles. The summed E-state index contributed by atoms with van der Waals surface area (Å²) in [5, 5.41) is 2.94. The molecule has 1 N–H and O–H groups in total. The molecular formula is C12H18N2O. The summed E-state index contributed by atoms with van der Waals surface area (Å²) in [6.45, 7) is 3.86. The molecule has 1 atom stereocenters. The van der Waals surface area contributed by atoms with Gasteiger partial charge in [0.1, 0.15) is 0 Å². The van der Waals surface area contributed by atoms with Crippen molar-refractivity contribution < 1.29 is 4.79 Å². The number of likely N-dealkylation sites (N-methyl/N-ethyl adjacent to an activating group) is 2. The fraction of sp³-hybridized carbons (Fsp3) is 0.417. The number of aryl methyl sites for hydroxylation is 1. The number of benzene rings is 1. The van der Waals surface area contributed by atoms with E-state index in [2.05, 4.69) is 5.32 Å². The summed E-state index contributed by atoms with van der Waals surface area (Å²) < 4.78 is 0. The van der Waals surface area contributed by atoms with Crippen LogP contribution in [0.1, 0.15) is 12.5 Å². The minimum Gasteiger partial charge on any atom is -0.314 e. The number of para-hydroxylation sites is 1. The highest BCUT2D eigenvalue weighted by molar-refractivity contribution is 5.97. The van der Waals surface area contributed by atoms with Gasteiger partial charge in [0.25, 0.3) is 0 Å². The van der Waals surface area contributed by atoms with Crippen molar-refractivity contribution in [1.82, 2.24) is 5.32 Å². The molecule has 0 bridgehead atoms. The first kappa shape index (κ1) is 11.7. The molecule has 15 heavy (non-hydrogen) atoms. The Kier molecular flexibility index (Phi) is 3.86. The monoisotopic (exact) mass is 206 g/mol. The maximum Gasteiger partial charge on any atom is 0.243 e. The number of carbonyl (C=O) groups excluding carboxylic acids is 1. The number of carbonyl (C=O) groups is 1. The van der Waals surface area contributed by atoms with Crippen molar-refractivity contribution in [3.8, 4) is 0 Å². The van der Waals surface area contributed by atoms with Gasteiger partial charge in [-0.25, -0.2) is 0 Å². The first-order chi connectivity index (χ1) is 7.07. The highest BCUT2D eigenvalue weighted by atomic mass is 16.2. The number of amides is 1. The normalized spacial score (nSPS) is 12.3. The van der Waals surface area contributed by atoms with Crippen molar-refractivity contribution in [2.45, 2.75) is 19.9 Å². The van der Waals surface area contributed by atoms with Gasteiger partial charge < -0.3 is 10.2 Å². The fourth-order valence-corrected chi connectivity index (χ4v) is 1.47. The van der Waals surface area contributed by atoms with Crippen molar-refractivity contribution in [3.63, 3.8) is 0 Å². The van der Waals surface area contributed by atoms with Crippen LogP contribution in [-0.2, 0) is 4.79 Å². The van der Waals surface area contributed by atoms with Crippen LogP contribution < -0.4 is 10.2 Å². The van der Waals surface area contributed by atoms with E-state index in [1.54, 1.807) is 19.0 Å². The van der Waals surface area contributed by atoms with Crippen LogP contribution in [0.3, 0.4) is 0 Å². The number of anilines is 1. The molecule has 0 spiro atoms. The molecule has 0 aromatic heterocycles. The first-order valence-electron chi connectivity index (χ1n) is 5.08. The highest BCUT2D eigenvalue weighted by Crippen LogP contribution is 2.18. The van der Waals surface area contributed by atoms with E-state index in [9.17, 15) is 4.79 Å². The predicted octanol–water partition coefficient (Wildman–Crippen LogP) is 1.57. The third-order valence-corrected chi connectivity index (χ3v) is 2.61. The van der Waals surface area contributed by atoms with E-state index in [4.69, 9.17) is 0 Å². The van der Waals surface area contributed by atoms with E-state index in [-0.39, 0.29) is 11.9 Å². The molecule has 1 unspecified atom stereocenters. The fourth-order valence-electron chi connectivity index (χ4n) is 1.47. The van der Waals surface area contributed by atoms with Gasteiger partial charge in [-0.05, 0) is 32.5 Å². The molecule has 82 valence electrons. The van der Waals surface area contributed by atoms with E-state index < -0.39 is 0 Å². The lowest BCUT2D eigenvalue weighted by Crippen LogP contribution is -2.41. The number of rotatable bonds is 3. The van der Waals surface area contributed by atoms with Crippen LogP contribution >= 0.6 is 0 Å². The van der Waals surface area contributed by atoms with Gasteiger partial charge in [0.15, 0.2) is 0 Å². The second-order valence-electron chi connectivity index (χ2n) is 3.69. The Morgan fingerprint density at radius 2 is 2.00 bits per heavy atom. The molecule has 0 aliphatic heterocycles. The summed E-state index contributed by atoms with van der Waals surface area (Å²) in [5.41, 5.74) is 2.07. The van der Waals surface area contributed by atoms with Crippen LogP contribution in [-0.4, -0.2) is 26.0 Å². The van der Waals surface area contributed by atoms with Gasteiger partial charge in [-0.3, -0.25) is 4.79 Å². The molecule has 0 aliphatic carbocycles. The second kappa shape index (κ2) is 4.94. The van der Waals surface area contributed by atoms with Crippen LogP contribution in [0, 0.1) is 6.92 Å². The van der Waals surface area contributed by atoms with Crippen molar-refractivity contribution in [2.24, 2.45) is 0 Å².